The highest BCUT2D eigenvalue weighted by Crippen LogP contribution is 2.12. The average Bonchev–Trinajstić information content (AvgIpc) is 2.98. The van der Waals surface area contributed by atoms with Crippen LogP contribution in [0.2, 0.25) is 0 Å². The molecule has 0 amide bonds. The van der Waals surface area contributed by atoms with Crippen LogP contribution < -0.4 is 10.0 Å². The molecule has 0 unspecified atom stereocenters. The molecule has 0 aliphatic rings. The maximum Gasteiger partial charge on any atom is 0.240 e. The van der Waals surface area contributed by atoms with Gasteiger partial charge in [-0.15, -0.1) is 0 Å². The highest BCUT2D eigenvalue weighted by atomic mass is 32.2. The number of benzene rings is 1. The van der Waals surface area contributed by atoms with E-state index in [4.69, 9.17) is 0 Å². The van der Waals surface area contributed by atoms with Gasteiger partial charge < -0.3 is 5.32 Å². The summed E-state index contributed by atoms with van der Waals surface area (Å²) in [5.41, 5.74) is 1.88. The van der Waals surface area contributed by atoms with Gasteiger partial charge in [-0.2, -0.15) is 5.10 Å². The molecule has 0 aliphatic heterocycles. The van der Waals surface area contributed by atoms with E-state index in [1.807, 2.05) is 19.9 Å². The van der Waals surface area contributed by atoms with Crippen molar-refractivity contribution in [1.29, 1.82) is 0 Å². The van der Waals surface area contributed by atoms with Gasteiger partial charge in [0.2, 0.25) is 10.0 Å². The Bertz CT molecular complexity index is 985. The van der Waals surface area contributed by atoms with Crippen LogP contribution in [0.5, 0.6) is 0 Å². The Morgan fingerprint density at radius 1 is 1.04 bits per heavy atom. The molecule has 0 saturated carbocycles. The van der Waals surface area contributed by atoms with Gasteiger partial charge in [-0.25, -0.2) is 27.8 Å². The van der Waals surface area contributed by atoms with Crippen molar-refractivity contribution in [1.82, 2.24) is 24.5 Å². The Kier molecular flexibility index (Phi) is 5.29. The molecule has 26 heavy (non-hydrogen) atoms. The van der Waals surface area contributed by atoms with E-state index in [1.165, 1.54) is 6.33 Å². The number of anilines is 1. The van der Waals surface area contributed by atoms with Crippen molar-refractivity contribution in [2.75, 3.05) is 18.4 Å². The third-order valence-electron chi connectivity index (χ3n) is 3.66. The predicted molar refractivity (Wildman–Crippen MR) is 98.7 cm³/mol. The smallest absolute Gasteiger partial charge is 0.240 e. The maximum absolute atomic E-state index is 12.1. The Hall–Kier alpha value is -2.78. The monoisotopic (exact) mass is 372 g/mol. The summed E-state index contributed by atoms with van der Waals surface area (Å²) < 4.78 is 28.6. The van der Waals surface area contributed by atoms with Gasteiger partial charge in [-0.1, -0.05) is 18.2 Å². The van der Waals surface area contributed by atoms with Crippen molar-refractivity contribution in [3.05, 3.63) is 60.2 Å². The van der Waals surface area contributed by atoms with Crippen LogP contribution in [0.25, 0.3) is 5.82 Å². The molecular formula is C17H20N6O2S. The maximum atomic E-state index is 12.1. The Labute approximate surface area is 152 Å². The second-order valence-electron chi connectivity index (χ2n) is 5.74. The minimum Gasteiger partial charge on any atom is -0.369 e. The highest BCUT2D eigenvalue weighted by Gasteiger charge is 2.12. The van der Waals surface area contributed by atoms with Gasteiger partial charge in [0, 0.05) is 24.8 Å². The average molecular weight is 372 g/mol. The topological polar surface area (TPSA) is 102 Å². The van der Waals surface area contributed by atoms with Gasteiger partial charge in [-0.3, -0.25) is 0 Å². The Balaban J connectivity index is 1.59. The van der Waals surface area contributed by atoms with Crippen molar-refractivity contribution < 1.29 is 8.42 Å². The number of aryl methyl sites for hydroxylation is 2. The number of rotatable bonds is 7. The SMILES string of the molecule is Cc1cc(C)n(-c2cc(NCCNS(=O)(=O)c3ccccc3)ncn2)n1. The summed E-state index contributed by atoms with van der Waals surface area (Å²) >= 11 is 0. The first-order valence-electron chi connectivity index (χ1n) is 8.10. The standard InChI is InChI=1S/C17H20N6O2S/c1-13-10-14(2)23(22-13)17-11-16(19-12-20-17)18-8-9-21-26(24,25)15-6-4-3-5-7-15/h3-7,10-12,21H,8-9H2,1-2H3,(H,18,19,20). The summed E-state index contributed by atoms with van der Waals surface area (Å²) in [6, 6.07) is 12.0. The lowest BCUT2D eigenvalue weighted by atomic mass is 10.4. The fourth-order valence-corrected chi connectivity index (χ4v) is 3.53. The molecule has 0 spiro atoms. The number of sulfonamides is 1. The second-order valence-corrected chi connectivity index (χ2v) is 7.50. The lowest BCUT2D eigenvalue weighted by Crippen LogP contribution is -2.29. The minimum atomic E-state index is -3.51. The quantitative estimate of drug-likeness (QED) is 0.612. The van der Waals surface area contributed by atoms with E-state index in [1.54, 1.807) is 41.1 Å². The zero-order chi connectivity index (χ0) is 18.6. The first kappa shape index (κ1) is 18.0. The molecule has 3 rings (SSSR count). The molecule has 0 saturated heterocycles. The largest absolute Gasteiger partial charge is 0.369 e. The molecule has 0 aliphatic carbocycles. The minimum absolute atomic E-state index is 0.233. The molecule has 0 fully saturated rings. The van der Waals surface area contributed by atoms with E-state index >= 15 is 0 Å². The third kappa shape index (κ3) is 4.24. The Morgan fingerprint density at radius 3 is 2.50 bits per heavy atom. The fraction of sp³-hybridized carbons (Fsp3) is 0.235. The van der Waals surface area contributed by atoms with Crippen LogP contribution in [0.15, 0.2) is 53.7 Å². The highest BCUT2D eigenvalue weighted by molar-refractivity contribution is 7.89. The third-order valence-corrected chi connectivity index (χ3v) is 5.13. The van der Waals surface area contributed by atoms with Crippen molar-refractivity contribution in [2.45, 2.75) is 18.7 Å². The summed E-state index contributed by atoms with van der Waals surface area (Å²) in [5, 5.41) is 7.48. The lowest BCUT2D eigenvalue weighted by Gasteiger charge is -2.09. The summed E-state index contributed by atoms with van der Waals surface area (Å²) in [5.74, 6) is 1.25. The van der Waals surface area contributed by atoms with Crippen LogP contribution in [-0.2, 0) is 10.0 Å². The van der Waals surface area contributed by atoms with Crippen molar-refractivity contribution >= 4 is 15.8 Å². The van der Waals surface area contributed by atoms with Crippen molar-refractivity contribution in [3.8, 4) is 5.82 Å². The zero-order valence-electron chi connectivity index (χ0n) is 14.5. The van der Waals surface area contributed by atoms with Crippen LogP contribution >= 0.6 is 0 Å². The summed E-state index contributed by atoms with van der Waals surface area (Å²) in [6.45, 7) is 4.49. The van der Waals surface area contributed by atoms with Crippen LogP contribution in [0, 0.1) is 13.8 Å². The van der Waals surface area contributed by atoms with Gasteiger partial charge in [-0.05, 0) is 32.0 Å². The summed E-state index contributed by atoms with van der Waals surface area (Å²) in [7, 11) is -3.51. The number of hydrogen-bond acceptors (Lipinski definition) is 6. The number of nitrogens with one attached hydrogen (secondary N) is 2. The summed E-state index contributed by atoms with van der Waals surface area (Å²) in [6.07, 6.45) is 1.45. The van der Waals surface area contributed by atoms with Gasteiger partial charge >= 0.3 is 0 Å². The van der Waals surface area contributed by atoms with E-state index in [9.17, 15) is 8.42 Å². The zero-order valence-corrected chi connectivity index (χ0v) is 15.4. The van der Waals surface area contributed by atoms with Gasteiger partial charge in [0.05, 0.1) is 10.6 Å². The predicted octanol–water partition coefficient (Wildman–Crippen LogP) is 1.67. The molecule has 9 heteroatoms. The van der Waals surface area contributed by atoms with Crippen LogP contribution in [-0.4, -0.2) is 41.3 Å². The van der Waals surface area contributed by atoms with E-state index in [2.05, 4.69) is 25.1 Å². The van der Waals surface area contributed by atoms with Gasteiger partial charge in [0.25, 0.3) is 0 Å². The van der Waals surface area contributed by atoms with E-state index in [-0.39, 0.29) is 11.4 Å². The lowest BCUT2D eigenvalue weighted by molar-refractivity contribution is 0.583. The first-order chi connectivity index (χ1) is 12.5. The molecule has 2 heterocycles. The number of nitrogens with zero attached hydrogens (tertiary/aromatic N) is 4. The first-order valence-corrected chi connectivity index (χ1v) is 9.58. The fourth-order valence-electron chi connectivity index (χ4n) is 2.48. The molecule has 0 atom stereocenters. The molecule has 1 aromatic carbocycles. The van der Waals surface area contributed by atoms with Crippen molar-refractivity contribution in [2.24, 2.45) is 0 Å². The molecule has 2 aromatic heterocycles. The van der Waals surface area contributed by atoms with Crippen LogP contribution in [0.4, 0.5) is 5.82 Å². The molecular weight excluding hydrogens is 352 g/mol. The Morgan fingerprint density at radius 2 is 1.81 bits per heavy atom. The second kappa shape index (κ2) is 7.63. The number of hydrogen-bond donors (Lipinski definition) is 2. The van der Waals surface area contributed by atoms with Crippen molar-refractivity contribution in [3.63, 3.8) is 0 Å². The van der Waals surface area contributed by atoms with Crippen LogP contribution in [0.1, 0.15) is 11.4 Å². The molecule has 0 radical (unpaired) electrons. The van der Waals surface area contributed by atoms with E-state index < -0.39 is 10.0 Å². The molecule has 136 valence electrons. The summed E-state index contributed by atoms with van der Waals surface area (Å²) in [4.78, 5) is 8.63. The van der Waals surface area contributed by atoms with Gasteiger partial charge in [0.15, 0.2) is 5.82 Å². The normalized spacial score (nSPS) is 11.5. The molecule has 8 nitrogen and oxygen atoms in total. The van der Waals surface area contributed by atoms with E-state index in [0.29, 0.717) is 18.2 Å². The van der Waals surface area contributed by atoms with Crippen LogP contribution in [0.3, 0.4) is 0 Å². The molecule has 3 aromatic rings. The molecule has 2 N–H and O–H groups in total. The number of aromatic nitrogens is 4. The van der Waals surface area contributed by atoms with E-state index in [0.717, 1.165) is 11.4 Å². The van der Waals surface area contributed by atoms with Gasteiger partial charge in [0.1, 0.15) is 12.1 Å². The molecule has 0 bridgehead atoms.